The molecular formula is C28H26FN3O5S. The van der Waals surface area contributed by atoms with Gasteiger partial charge in [-0.15, -0.1) is 0 Å². The molecule has 196 valence electrons. The lowest BCUT2D eigenvalue weighted by Crippen LogP contribution is -2.31. The predicted molar refractivity (Wildman–Crippen MR) is 145 cm³/mol. The second kappa shape index (κ2) is 10.9. The summed E-state index contributed by atoms with van der Waals surface area (Å²) in [5.41, 5.74) is 1.78. The number of ether oxygens (including phenoxy) is 1. The van der Waals surface area contributed by atoms with E-state index in [9.17, 15) is 13.2 Å². The number of halogens is 1. The SMILES string of the molecule is C=C/C=C\C(=C(C)C)n1c(=O)ccc2cc(S(=O)(=O)N(Cc3ccc(OC)cc3)c3ccon3)c(F)cc21. The molecule has 0 N–H and O–H groups in total. The van der Waals surface area contributed by atoms with Gasteiger partial charge in [-0.05, 0) is 49.8 Å². The van der Waals surface area contributed by atoms with E-state index in [1.54, 1.807) is 42.5 Å². The maximum atomic E-state index is 15.7. The fourth-order valence-corrected chi connectivity index (χ4v) is 5.43. The van der Waals surface area contributed by atoms with Crippen molar-refractivity contribution in [3.8, 4) is 5.75 Å². The smallest absolute Gasteiger partial charge is 0.268 e. The molecule has 0 aliphatic rings. The van der Waals surface area contributed by atoms with Gasteiger partial charge in [0.25, 0.3) is 15.6 Å². The molecule has 0 atom stereocenters. The van der Waals surface area contributed by atoms with E-state index in [0.717, 1.165) is 15.9 Å². The van der Waals surface area contributed by atoms with Crippen LogP contribution in [0.1, 0.15) is 19.4 Å². The molecule has 0 bridgehead atoms. The second-order valence-corrected chi connectivity index (χ2v) is 10.4. The Morgan fingerprint density at radius 1 is 1.16 bits per heavy atom. The van der Waals surface area contributed by atoms with Gasteiger partial charge >= 0.3 is 0 Å². The minimum Gasteiger partial charge on any atom is -0.497 e. The highest BCUT2D eigenvalue weighted by Crippen LogP contribution is 2.30. The molecule has 0 saturated heterocycles. The quantitative estimate of drug-likeness (QED) is 0.262. The molecule has 0 spiro atoms. The number of methoxy groups -OCH3 is 1. The summed E-state index contributed by atoms with van der Waals surface area (Å²) in [5, 5.41) is 4.15. The number of fused-ring (bicyclic) bond motifs is 1. The molecule has 0 aliphatic carbocycles. The van der Waals surface area contributed by atoms with Gasteiger partial charge < -0.3 is 9.26 Å². The number of benzene rings is 2. The van der Waals surface area contributed by atoms with Crippen LogP contribution in [0.2, 0.25) is 0 Å². The number of pyridine rings is 1. The zero-order valence-electron chi connectivity index (χ0n) is 21.1. The van der Waals surface area contributed by atoms with Crippen LogP contribution >= 0.6 is 0 Å². The van der Waals surface area contributed by atoms with Crippen LogP contribution < -0.4 is 14.6 Å². The Morgan fingerprint density at radius 2 is 1.89 bits per heavy atom. The molecule has 0 aliphatic heterocycles. The van der Waals surface area contributed by atoms with Gasteiger partial charge in [0.2, 0.25) is 0 Å². The third-order valence-corrected chi connectivity index (χ3v) is 7.59. The minimum absolute atomic E-state index is 0.00771. The van der Waals surface area contributed by atoms with Crippen LogP contribution in [-0.2, 0) is 16.6 Å². The molecule has 2 heterocycles. The Bertz CT molecular complexity index is 1700. The van der Waals surface area contributed by atoms with Crippen LogP contribution in [0.15, 0.2) is 105 Å². The van der Waals surface area contributed by atoms with Crippen molar-refractivity contribution in [2.75, 3.05) is 11.4 Å². The van der Waals surface area contributed by atoms with Crippen molar-refractivity contribution >= 4 is 32.4 Å². The highest BCUT2D eigenvalue weighted by atomic mass is 32.2. The Morgan fingerprint density at radius 3 is 2.50 bits per heavy atom. The van der Waals surface area contributed by atoms with Gasteiger partial charge in [-0.25, -0.2) is 17.1 Å². The molecule has 0 fully saturated rings. The summed E-state index contributed by atoms with van der Waals surface area (Å²) in [6, 6.07) is 13.2. The number of hydrogen-bond donors (Lipinski definition) is 0. The number of sulfonamides is 1. The maximum absolute atomic E-state index is 15.7. The molecule has 2 aromatic heterocycles. The van der Waals surface area contributed by atoms with Gasteiger partial charge in [-0.1, -0.05) is 41.6 Å². The van der Waals surface area contributed by atoms with E-state index in [-0.39, 0.29) is 23.4 Å². The first-order valence-electron chi connectivity index (χ1n) is 11.6. The zero-order valence-corrected chi connectivity index (χ0v) is 21.9. The van der Waals surface area contributed by atoms with E-state index < -0.39 is 20.7 Å². The Labute approximate surface area is 219 Å². The van der Waals surface area contributed by atoms with Crippen LogP contribution in [0.25, 0.3) is 16.6 Å². The summed E-state index contributed by atoms with van der Waals surface area (Å²) in [6.45, 7) is 7.15. The lowest BCUT2D eigenvalue weighted by Gasteiger charge is -2.23. The largest absolute Gasteiger partial charge is 0.497 e. The number of nitrogens with zero attached hydrogens (tertiary/aromatic N) is 3. The van der Waals surface area contributed by atoms with Gasteiger partial charge in [0.15, 0.2) is 5.82 Å². The maximum Gasteiger partial charge on any atom is 0.268 e. The Kier molecular flexibility index (Phi) is 7.63. The van der Waals surface area contributed by atoms with E-state index in [1.165, 1.54) is 42.2 Å². The van der Waals surface area contributed by atoms with Gasteiger partial charge in [0.1, 0.15) is 22.7 Å². The standard InChI is InChI=1S/C28H26FN3O5S/c1-5-6-7-24(19(2)3)32-25-17-23(29)26(16-21(25)10-13-28(32)33)38(34,35)31(27-14-15-37-30-27)18-20-8-11-22(36-4)12-9-20/h5-17H,1,18H2,2-4H3/b7-6-. The lowest BCUT2D eigenvalue weighted by atomic mass is 10.1. The average Bonchev–Trinajstić information content (AvgIpc) is 3.43. The molecule has 0 amide bonds. The first-order valence-corrected chi connectivity index (χ1v) is 13.0. The average molecular weight is 536 g/mol. The highest BCUT2D eigenvalue weighted by Gasteiger charge is 2.31. The summed E-state index contributed by atoms with van der Waals surface area (Å²) in [6.07, 6.45) is 6.15. The summed E-state index contributed by atoms with van der Waals surface area (Å²) < 4.78 is 55.7. The van der Waals surface area contributed by atoms with E-state index in [4.69, 9.17) is 9.26 Å². The Hall–Kier alpha value is -4.44. The molecule has 0 saturated carbocycles. The summed E-state index contributed by atoms with van der Waals surface area (Å²) in [5.74, 6) is -0.414. The number of anilines is 1. The monoisotopic (exact) mass is 535 g/mol. The normalized spacial score (nSPS) is 11.6. The van der Waals surface area contributed by atoms with Crippen LogP contribution in [0.3, 0.4) is 0 Å². The van der Waals surface area contributed by atoms with Crippen LogP contribution in [0.4, 0.5) is 10.2 Å². The van der Waals surface area contributed by atoms with Crippen LogP contribution in [0.5, 0.6) is 5.75 Å². The fourth-order valence-electron chi connectivity index (χ4n) is 3.95. The molecule has 0 unspecified atom stereocenters. The van der Waals surface area contributed by atoms with Gasteiger partial charge in [-0.3, -0.25) is 9.36 Å². The first-order chi connectivity index (χ1) is 18.2. The number of rotatable bonds is 9. The van der Waals surface area contributed by atoms with Gasteiger partial charge in [-0.2, -0.15) is 0 Å². The summed E-state index contributed by atoms with van der Waals surface area (Å²) in [4.78, 5) is 12.3. The summed E-state index contributed by atoms with van der Waals surface area (Å²) >= 11 is 0. The number of allylic oxidation sites excluding steroid dienone is 5. The highest BCUT2D eigenvalue weighted by molar-refractivity contribution is 7.92. The first kappa shape index (κ1) is 26.6. The molecule has 0 radical (unpaired) electrons. The topological polar surface area (TPSA) is 94.6 Å². The van der Waals surface area contributed by atoms with Crippen LogP contribution in [-0.4, -0.2) is 25.3 Å². The van der Waals surface area contributed by atoms with Crippen molar-refractivity contribution in [2.45, 2.75) is 25.3 Å². The van der Waals surface area contributed by atoms with E-state index >= 15 is 4.39 Å². The third-order valence-electron chi connectivity index (χ3n) is 5.82. The molecular weight excluding hydrogens is 509 g/mol. The third kappa shape index (κ3) is 5.16. The second-order valence-electron chi connectivity index (χ2n) is 8.55. The molecule has 38 heavy (non-hydrogen) atoms. The predicted octanol–water partition coefficient (Wildman–Crippen LogP) is 5.53. The van der Waals surface area contributed by atoms with Gasteiger partial charge in [0, 0.05) is 29.3 Å². The van der Waals surface area contributed by atoms with Crippen molar-refractivity contribution in [1.29, 1.82) is 0 Å². The van der Waals surface area contributed by atoms with Crippen molar-refractivity contribution < 1.29 is 22.1 Å². The molecule has 4 rings (SSSR count). The molecule has 8 nitrogen and oxygen atoms in total. The zero-order chi connectivity index (χ0) is 27.4. The van der Waals surface area contributed by atoms with Crippen molar-refractivity contribution in [1.82, 2.24) is 9.72 Å². The molecule has 4 aromatic rings. The van der Waals surface area contributed by atoms with Crippen molar-refractivity contribution in [3.05, 3.63) is 113 Å². The number of hydrogen-bond acceptors (Lipinski definition) is 6. The van der Waals surface area contributed by atoms with E-state index in [0.29, 0.717) is 22.4 Å². The fraction of sp³-hybridized carbons (Fsp3) is 0.143. The van der Waals surface area contributed by atoms with E-state index in [1.807, 2.05) is 13.8 Å². The number of aromatic nitrogens is 2. The van der Waals surface area contributed by atoms with Gasteiger partial charge in [0.05, 0.1) is 19.2 Å². The molecule has 2 aromatic carbocycles. The molecule has 10 heteroatoms. The van der Waals surface area contributed by atoms with Crippen molar-refractivity contribution in [2.24, 2.45) is 0 Å². The minimum atomic E-state index is -4.46. The van der Waals surface area contributed by atoms with Crippen molar-refractivity contribution in [3.63, 3.8) is 0 Å². The summed E-state index contributed by atoms with van der Waals surface area (Å²) in [7, 11) is -2.93. The van der Waals surface area contributed by atoms with E-state index in [2.05, 4.69) is 11.7 Å². The Balaban J connectivity index is 1.88. The lowest BCUT2D eigenvalue weighted by molar-refractivity contribution is 0.414. The van der Waals surface area contributed by atoms with Crippen LogP contribution in [0, 0.1) is 5.82 Å².